The Morgan fingerprint density at radius 3 is 2.50 bits per heavy atom. The summed E-state index contributed by atoms with van der Waals surface area (Å²) in [4.78, 5) is 16.5. The van der Waals surface area contributed by atoms with Crippen LogP contribution in [0.25, 0.3) is 0 Å². The van der Waals surface area contributed by atoms with Crippen molar-refractivity contribution in [2.75, 3.05) is 5.32 Å². The lowest BCUT2D eigenvalue weighted by molar-refractivity contribution is -0.115. The van der Waals surface area contributed by atoms with Crippen LogP contribution in [-0.2, 0) is 23.8 Å². The molecule has 0 spiro atoms. The molecule has 7 heteroatoms. The Morgan fingerprint density at radius 2 is 2.00 bits per heavy atom. The molecule has 0 atom stereocenters. The van der Waals surface area contributed by atoms with E-state index < -0.39 is 0 Å². The van der Waals surface area contributed by atoms with Crippen molar-refractivity contribution in [1.82, 2.24) is 24.5 Å². The van der Waals surface area contributed by atoms with Gasteiger partial charge in [0, 0.05) is 25.2 Å². The number of rotatable bonds is 4. The number of nitrogens with one attached hydrogen (secondary N) is 1. The van der Waals surface area contributed by atoms with Crippen molar-refractivity contribution in [3.63, 3.8) is 0 Å². The number of carbonyl (C=O) groups is 1. The van der Waals surface area contributed by atoms with Crippen molar-refractivity contribution < 1.29 is 4.79 Å². The highest BCUT2D eigenvalue weighted by Crippen LogP contribution is 2.15. The van der Waals surface area contributed by atoms with E-state index in [1.54, 1.807) is 17.8 Å². The Hall–Kier alpha value is -2.18. The van der Waals surface area contributed by atoms with Crippen LogP contribution in [0.15, 0.2) is 12.3 Å². The summed E-state index contributed by atoms with van der Waals surface area (Å²) in [7, 11) is 1.80. The van der Waals surface area contributed by atoms with Gasteiger partial charge >= 0.3 is 0 Å². The van der Waals surface area contributed by atoms with Crippen LogP contribution >= 0.6 is 0 Å². The molecule has 120 valence electrons. The first kappa shape index (κ1) is 16.2. The smallest absolute Gasteiger partial charge is 0.233 e. The molecule has 0 radical (unpaired) electrons. The van der Waals surface area contributed by atoms with Crippen molar-refractivity contribution in [2.24, 2.45) is 7.05 Å². The molecule has 1 amide bonds. The Kier molecular flexibility index (Phi) is 4.35. The van der Waals surface area contributed by atoms with E-state index >= 15 is 0 Å². The summed E-state index contributed by atoms with van der Waals surface area (Å²) in [6.07, 6.45) is 2.04. The highest BCUT2D eigenvalue weighted by atomic mass is 16.1. The Bertz CT molecular complexity index is 662. The first-order valence-electron chi connectivity index (χ1n) is 7.42. The Labute approximate surface area is 130 Å². The first-order chi connectivity index (χ1) is 10.2. The van der Waals surface area contributed by atoms with Crippen molar-refractivity contribution in [3.8, 4) is 0 Å². The molecule has 0 aliphatic carbocycles. The number of hydrogen-bond donors (Lipinski definition) is 1. The quantitative estimate of drug-likeness (QED) is 0.938. The molecule has 2 aromatic rings. The van der Waals surface area contributed by atoms with Crippen LogP contribution in [0.5, 0.6) is 0 Å². The summed E-state index contributed by atoms with van der Waals surface area (Å²) >= 11 is 0. The van der Waals surface area contributed by atoms with Crippen LogP contribution in [-0.4, -0.2) is 30.5 Å². The molecule has 0 unspecified atom stereocenters. The average molecular weight is 304 g/mol. The van der Waals surface area contributed by atoms with Crippen molar-refractivity contribution in [2.45, 2.75) is 52.5 Å². The molecule has 2 aromatic heterocycles. The predicted octanol–water partition coefficient (Wildman–Crippen LogP) is 2.07. The minimum atomic E-state index is -0.148. The Morgan fingerprint density at radius 1 is 1.32 bits per heavy atom. The van der Waals surface area contributed by atoms with Crippen molar-refractivity contribution in [3.05, 3.63) is 23.9 Å². The zero-order valence-corrected chi connectivity index (χ0v) is 14.1. The minimum Gasteiger partial charge on any atom is -0.309 e. The largest absolute Gasteiger partial charge is 0.309 e. The molecule has 1 N–H and O–H groups in total. The highest BCUT2D eigenvalue weighted by molar-refractivity contribution is 5.90. The molecule has 0 aromatic carbocycles. The molecule has 0 aliphatic heterocycles. The number of aryl methyl sites for hydroxylation is 1. The van der Waals surface area contributed by atoms with E-state index in [4.69, 9.17) is 0 Å². The minimum absolute atomic E-state index is 0.112. The van der Waals surface area contributed by atoms with Crippen molar-refractivity contribution in [1.29, 1.82) is 0 Å². The van der Waals surface area contributed by atoms with Crippen LogP contribution in [0.4, 0.5) is 5.82 Å². The van der Waals surface area contributed by atoms with E-state index in [2.05, 4.69) is 41.3 Å². The molecular weight excluding hydrogens is 280 g/mol. The Balaban J connectivity index is 2.03. The fourth-order valence-corrected chi connectivity index (χ4v) is 1.93. The van der Waals surface area contributed by atoms with Crippen LogP contribution < -0.4 is 5.32 Å². The molecule has 7 nitrogen and oxygen atoms in total. The maximum absolute atomic E-state index is 12.1. The van der Waals surface area contributed by atoms with Gasteiger partial charge < -0.3 is 5.32 Å². The molecule has 0 saturated heterocycles. The van der Waals surface area contributed by atoms with Gasteiger partial charge in [-0.3, -0.25) is 14.2 Å². The number of nitrogens with zero attached hydrogens (tertiary/aromatic N) is 5. The lowest BCUT2D eigenvalue weighted by Gasteiger charge is -2.18. The normalized spacial score (nSPS) is 12.0. The maximum Gasteiger partial charge on any atom is 0.233 e. The van der Waals surface area contributed by atoms with Gasteiger partial charge in [0.05, 0.1) is 12.0 Å². The highest BCUT2D eigenvalue weighted by Gasteiger charge is 2.17. The monoisotopic (exact) mass is 304 g/mol. The van der Waals surface area contributed by atoms with E-state index in [1.807, 2.05) is 24.7 Å². The third-order valence-electron chi connectivity index (χ3n) is 3.25. The van der Waals surface area contributed by atoms with Gasteiger partial charge in [-0.25, -0.2) is 4.98 Å². The molecule has 0 fully saturated rings. The van der Waals surface area contributed by atoms with E-state index in [0.717, 1.165) is 5.82 Å². The summed E-state index contributed by atoms with van der Waals surface area (Å²) in [6, 6.07) is 1.79. The van der Waals surface area contributed by atoms with Crippen LogP contribution in [0.3, 0.4) is 0 Å². The average Bonchev–Trinajstić information content (AvgIpc) is 2.97. The van der Waals surface area contributed by atoms with Gasteiger partial charge in [0.25, 0.3) is 0 Å². The second-order valence-electron chi connectivity index (χ2n) is 6.71. The third kappa shape index (κ3) is 3.72. The van der Waals surface area contributed by atoms with Gasteiger partial charge in [0.2, 0.25) is 5.91 Å². The van der Waals surface area contributed by atoms with Gasteiger partial charge in [-0.2, -0.15) is 10.2 Å². The van der Waals surface area contributed by atoms with Gasteiger partial charge in [-0.15, -0.1) is 0 Å². The molecular formula is C15H24N6O. The van der Waals surface area contributed by atoms with Crippen LogP contribution in [0.1, 0.15) is 52.2 Å². The molecule has 0 saturated carbocycles. The summed E-state index contributed by atoms with van der Waals surface area (Å²) in [5, 5.41) is 11.5. The lowest BCUT2D eigenvalue weighted by Crippen LogP contribution is -2.23. The van der Waals surface area contributed by atoms with Crippen LogP contribution in [0.2, 0.25) is 0 Å². The molecule has 22 heavy (non-hydrogen) atoms. The molecule has 0 bridgehead atoms. The standard InChI is InChI=1S/C15H24N6O/c1-10(2)14-17-12(20(6)19-14)9-13(22)16-11-7-8-21(18-11)15(3,4)5/h7-8,10H,9H2,1-6H3,(H,16,18,22). The number of hydrogen-bond acceptors (Lipinski definition) is 4. The second-order valence-corrected chi connectivity index (χ2v) is 6.71. The van der Waals surface area contributed by atoms with Crippen LogP contribution in [0, 0.1) is 0 Å². The molecule has 2 rings (SSSR count). The van der Waals surface area contributed by atoms with Gasteiger partial charge in [0.1, 0.15) is 5.82 Å². The summed E-state index contributed by atoms with van der Waals surface area (Å²) < 4.78 is 3.48. The summed E-state index contributed by atoms with van der Waals surface area (Å²) in [5.74, 6) is 2.04. The number of anilines is 1. The van der Waals surface area contributed by atoms with Gasteiger partial charge in [-0.05, 0) is 20.8 Å². The van der Waals surface area contributed by atoms with E-state index in [9.17, 15) is 4.79 Å². The van der Waals surface area contributed by atoms with E-state index in [-0.39, 0.29) is 23.8 Å². The fourth-order valence-electron chi connectivity index (χ4n) is 1.93. The summed E-state index contributed by atoms with van der Waals surface area (Å²) in [6.45, 7) is 10.2. The third-order valence-corrected chi connectivity index (χ3v) is 3.25. The number of amides is 1. The summed E-state index contributed by atoms with van der Waals surface area (Å²) in [5.41, 5.74) is -0.112. The SMILES string of the molecule is CC(C)c1nc(CC(=O)Nc2ccn(C(C)(C)C)n2)n(C)n1. The topological polar surface area (TPSA) is 77.6 Å². The van der Waals surface area contributed by atoms with Gasteiger partial charge in [0.15, 0.2) is 11.6 Å². The fraction of sp³-hybridized carbons (Fsp3) is 0.600. The van der Waals surface area contributed by atoms with Gasteiger partial charge in [-0.1, -0.05) is 13.8 Å². The predicted molar refractivity (Wildman–Crippen MR) is 84.6 cm³/mol. The number of carbonyl (C=O) groups excluding carboxylic acids is 1. The second kappa shape index (κ2) is 5.90. The molecule has 0 aliphatic rings. The molecule has 2 heterocycles. The van der Waals surface area contributed by atoms with E-state index in [0.29, 0.717) is 11.6 Å². The van der Waals surface area contributed by atoms with E-state index in [1.165, 1.54) is 0 Å². The first-order valence-corrected chi connectivity index (χ1v) is 7.42. The number of aromatic nitrogens is 5. The van der Waals surface area contributed by atoms with Crippen molar-refractivity contribution >= 4 is 11.7 Å². The zero-order chi connectivity index (χ0) is 16.5. The maximum atomic E-state index is 12.1. The lowest BCUT2D eigenvalue weighted by atomic mass is 10.1. The zero-order valence-electron chi connectivity index (χ0n) is 14.1.